The highest BCUT2D eigenvalue weighted by Crippen LogP contribution is 2.43. The maximum Gasteiger partial charge on any atom is 0.224 e. The second kappa shape index (κ2) is 4.75. The number of aromatic hydroxyl groups is 1. The molecule has 4 N–H and O–H groups in total. The quantitative estimate of drug-likeness (QED) is 0.696. The highest BCUT2D eigenvalue weighted by molar-refractivity contribution is 5.91. The van der Waals surface area contributed by atoms with Crippen LogP contribution in [-0.2, 0) is 4.79 Å². The molecule has 2 rings (SSSR count). The SMILES string of the molecule is NCC1(CC(=O)Nc2ccc(O)cc2)CCC1. The number of rotatable bonds is 4. The van der Waals surface area contributed by atoms with Crippen LogP contribution in [0, 0.1) is 5.41 Å². The molecular formula is C13H18N2O2. The Kier molecular flexibility index (Phi) is 3.33. The summed E-state index contributed by atoms with van der Waals surface area (Å²) in [5, 5.41) is 12.0. The molecule has 1 aromatic rings. The van der Waals surface area contributed by atoms with Crippen molar-refractivity contribution >= 4 is 11.6 Å². The molecule has 0 heterocycles. The number of nitrogens with two attached hydrogens (primary N) is 1. The fourth-order valence-corrected chi connectivity index (χ4v) is 2.22. The van der Waals surface area contributed by atoms with Crippen LogP contribution in [0.4, 0.5) is 5.69 Å². The minimum atomic E-state index is 0.000778. The van der Waals surface area contributed by atoms with Gasteiger partial charge in [-0.05, 0) is 49.1 Å². The van der Waals surface area contributed by atoms with Crippen LogP contribution in [0.2, 0.25) is 0 Å². The lowest BCUT2D eigenvalue weighted by molar-refractivity contribution is -0.119. The molecule has 17 heavy (non-hydrogen) atoms. The lowest BCUT2D eigenvalue weighted by atomic mass is 9.66. The average Bonchev–Trinajstić information content (AvgIpc) is 2.27. The Labute approximate surface area is 101 Å². The predicted octanol–water partition coefficient (Wildman–Crippen LogP) is 1.85. The fraction of sp³-hybridized carbons (Fsp3) is 0.462. The molecule has 1 aliphatic rings. The molecule has 1 amide bonds. The number of carbonyl (C=O) groups excluding carboxylic acids is 1. The van der Waals surface area contributed by atoms with E-state index in [9.17, 15) is 4.79 Å². The van der Waals surface area contributed by atoms with Crippen molar-refractivity contribution in [2.45, 2.75) is 25.7 Å². The van der Waals surface area contributed by atoms with Gasteiger partial charge in [0, 0.05) is 12.1 Å². The zero-order valence-corrected chi connectivity index (χ0v) is 9.78. The number of hydrogen-bond acceptors (Lipinski definition) is 3. The monoisotopic (exact) mass is 234 g/mol. The van der Waals surface area contributed by atoms with Crippen LogP contribution in [-0.4, -0.2) is 17.6 Å². The second-order valence-corrected chi connectivity index (χ2v) is 4.83. The van der Waals surface area contributed by atoms with Crippen molar-refractivity contribution in [1.29, 1.82) is 0 Å². The summed E-state index contributed by atoms with van der Waals surface area (Å²) in [4.78, 5) is 11.8. The van der Waals surface area contributed by atoms with Crippen molar-refractivity contribution in [2.24, 2.45) is 11.1 Å². The molecule has 1 aliphatic carbocycles. The van der Waals surface area contributed by atoms with Gasteiger partial charge in [-0.1, -0.05) is 6.42 Å². The standard InChI is InChI=1S/C13H18N2O2/c14-9-13(6-1-7-13)8-12(17)15-10-2-4-11(16)5-3-10/h2-5,16H,1,6-9,14H2,(H,15,17). The van der Waals surface area contributed by atoms with Gasteiger partial charge in [-0.25, -0.2) is 0 Å². The summed E-state index contributed by atoms with van der Waals surface area (Å²) in [5.74, 6) is 0.196. The number of benzene rings is 1. The van der Waals surface area contributed by atoms with E-state index in [1.165, 1.54) is 6.42 Å². The maximum atomic E-state index is 11.8. The Balaban J connectivity index is 1.91. The zero-order chi connectivity index (χ0) is 12.3. The third-order valence-corrected chi connectivity index (χ3v) is 3.53. The first-order chi connectivity index (χ1) is 8.13. The van der Waals surface area contributed by atoms with Crippen LogP contribution in [0.25, 0.3) is 0 Å². The molecule has 4 heteroatoms. The van der Waals surface area contributed by atoms with Crippen LogP contribution in [0.1, 0.15) is 25.7 Å². The highest BCUT2D eigenvalue weighted by atomic mass is 16.3. The van der Waals surface area contributed by atoms with Gasteiger partial charge < -0.3 is 16.2 Å². The van der Waals surface area contributed by atoms with E-state index in [-0.39, 0.29) is 17.1 Å². The first-order valence-electron chi connectivity index (χ1n) is 5.93. The van der Waals surface area contributed by atoms with Gasteiger partial charge in [0.2, 0.25) is 5.91 Å². The van der Waals surface area contributed by atoms with E-state index in [4.69, 9.17) is 10.8 Å². The first kappa shape index (κ1) is 11.9. The van der Waals surface area contributed by atoms with Crippen LogP contribution in [0.15, 0.2) is 24.3 Å². The van der Waals surface area contributed by atoms with Crippen molar-refractivity contribution in [2.75, 3.05) is 11.9 Å². The van der Waals surface area contributed by atoms with Crippen LogP contribution >= 0.6 is 0 Å². The maximum absolute atomic E-state index is 11.8. The lowest BCUT2D eigenvalue weighted by Crippen LogP contribution is -2.40. The second-order valence-electron chi connectivity index (χ2n) is 4.83. The van der Waals surface area contributed by atoms with Crippen molar-refractivity contribution in [3.05, 3.63) is 24.3 Å². The molecule has 1 fully saturated rings. The molecule has 0 saturated heterocycles. The number of phenolic OH excluding ortho intramolecular Hbond substituents is 1. The number of anilines is 1. The van der Waals surface area contributed by atoms with Gasteiger partial charge in [0.1, 0.15) is 5.75 Å². The molecule has 0 atom stereocenters. The molecule has 1 aromatic carbocycles. The molecule has 0 spiro atoms. The molecule has 0 unspecified atom stereocenters. The molecular weight excluding hydrogens is 216 g/mol. The highest BCUT2D eigenvalue weighted by Gasteiger charge is 2.37. The smallest absolute Gasteiger partial charge is 0.224 e. The van der Waals surface area contributed by atoms with E-state index in [0.29, 0.717) is 18.7 Å². The van der Waals surface area contributed by atoms with Crippen LogP contribution in [0.5, 0.6) is 5.75 Å². The Bertz CT molecular complexity index is 391. The van der Waals surface area contributed by atoms with E-state index < -0.39 is 0 Å². The minimum absolute atomic E-state index is 0.000778. The largest absolute Gasteiger partial charge is 0.508 e. The molecule has 0 aliphatic heterocycles. The minimum Gasteiger partial charge on any atom is -0.508 e. The molecule has 0 aromatic heterocycles. The Morgan fingerprint density at radius 3 is 2.47 bits per heavy atom. The van der Waals surface area contributed by atoms with Gasteiger partial charge in [-0.2, -0.15) is 0 Å². The Morgan fingerprint density at radius 2 is 2.00 bits per heavy atom. The summed E-state index contributed by atoms with van der Waals surface area (Å²) in [6, 6.07) is 6.47. The summed E-state index contributed by atoms with van der Waals surface area (Å²) in [5.41, 5.74) is 6.45. The fourth-order valence-electron chi connectivity index (χ4n) is 2.22. The van der Waals surface area contributed by atoms with Crippen LogP contribution < -0.4 is 11.1 Å². The van der Waals surface area contributed by atoms with Gasteiger partial charge >= 0.3 is 0 Å². The van der Waals surface area contributed by atoms with Crippen molar-refractivity contribution in [3.63, 3.8) is 0 Å². The Hall–Kier alpha value is -1.55. The van der Waals surface area contributed by atoms with Gasteiger partial charge in [0.15, 0.2) is 0 Å². The van der Waals surface area contributed by atoms with Gasteiger partial charge in [-0.3, -0.25) is 4.79 Å². The topological polar surface area (TPSA) is 75.4 Å². The van der Waals surface area contributed by atoms with Crippen molar-refractivity contribution in [1.82, 2.24) is 0 Å². The normalized spacial score (nSPS) is 17.2. The van der Waals surface area contributed by atoms with E-state index in [0.717, 1.165) is 12.8 Å². The predicted molar refractivity (Wildman–Crippen MR) is 66.7 cm³/mol. The summed E-state index contributed by atoms with van der Waals surface area (Å²) >= 11 is 0. The van der Waals surface area contributed by atoms with E-state index >= 15 is 0 Å². The number of carbonyl (C=O) groups is 1. The van der Waals surface area contributed by atoms with E-state index in [2.05, 4.69) is 5.32 Å². The Morgan fingerprint density at radius 1 is 1.35 bits per heavy atom. The zero-order valence-electron chi connectivity index (χ0n) is 9.78. The summed E-state index contributed by atoms with van der Waals surface area (Å²) in [6.45, 7) is 0.579. The molecule has 0 bridgehead atoms. The molecule has 92 valence electrons. The summed E-state index contributed by atoms with van der Waals surface area (Å²) in [6.07, 6.45) is 3.76. The molecule has 1 saturated carbocycles. The number of nitrogens with one attached hydrogen (secondary N) is 1. The third-order valence-electron chi connectivity index (χ3n) is 3.53. The number of hydrogen-bond donors (Lipinski definition) is 3. The molecule has 4 nitrogen and oxygen atoms in total. The third kappa shape index (κ3) is 2.77. The van der Waals surface area contributed by atoms with Crippen LogP contribution in [0.3, 0.4) is 0 Å². The van der Waals surface area contributed by atoms with Crippen molar-refractivity contribution < 1.29 is 9.90 Å². The number of amides is 1. The van der Waals surface area contributed by atoms with Gasteiger partial charge in [0.05, 0.1) is 0 Å². The molecule has 0 radical (unpaired) electrons. The van der Waals surface area contributed by atoms with Gasteiger partial charge in [0.25, 0.3) is 0 Å². The first-order valence-corrected chi connectivity index (χ1v) is 5.93. The van der Waals surface area contributed by atoms with Gasteiger partial charge in [-0.15, -0.1) is 0 Å². The summed E-state index contributed by atoms with van der Waals surface area (Å²) < 4.78 is 0. The van der Waals surface area contributed by atoms with Crippen molar-refractivity contribution in [3.8, 4) is 5.75 Å². The lowest BCUT2D eigenvalue weighted by Gasteiger charge is -2.40. The number of phenols is 1. The summed E-state index contributed by atoms with van der Waals surface area (Å²) in [7, 11) is 0. The average molecular weight is 234 g/mol. The van der Waals surface area contributed by atoms with E-state index in [1.54, 1.807) is 24.3 Å². The van der Waals surface area contributed by atoms with E-state index in [1.807, 2.05) is 0 Å².